The quantitative estimate of drug-likeness (QED) is 0.860. The number of para-hydroxylation sites is 1. The van der Waals surface area contributed by atoms with Crippen molar-refractivity contribution in [1.82, 2.24) is 15.2 Å². The maximum atomic E-state index is 3.38. The summed E-state index contributed by atoms with van der Waals surface area (Å²) in [4.78, 5) is 5.97. The van der Waals surface area contributed by atoms with Crippen molar-refractivity contribution in [3.63, 3.8) is 0 Å². The normalized spacial score (nSPS) is 21.4. The average molecular weight is 253 g/mol. The van der Waals surface area contributed by atoms with E-state index >= 15 is 0 Å². The first-order valence-corrected chi connectivity index (χ1v) is 7.12. The summed E-state index contributed by atoms with van der Waals surface area (Å²) < 4.78 is 0. The molecule has 4 rings (SSSR count). The van der Waals surface area contributed by atoms with E-state index in [-0.39, 0.29) is 0 Å². The number of hydrogen-bond donors (Lipinski definition) is 2. The van der Waals surface area contributed by atoms with Crippen molar-refractivity contribution < 1.29 is 0 Å². The van der Waals surface area contributed by atoms with Gasteiger partial charge in [-0.25, -0.2) is 0 Å². The third kappa shape index (κ3) is 1.90. The van der Waals surface area contributed by atoms with E-state index in [2.05, 4.69) is 51.7 Å². The molecule has 3 nitrogen and oxygen atoms in total. The molecule has 0 atom stereocenters. The molecule has 1 aromatic carbocycles. The zero-order chi connectivity index (χ0) is 12.7. The summed E-state index contributed by atoms with van der Waals surface area (Å²) in [6, 6.07) is 9.33. The third-order valence-corrected chi connectivity index (χ3v) is 4.45. The summed E-state index contributed by atoms with van der Waals surface area (Å²) in [6.07, 6.45) is 5.74. The van der Waals surface area contributed by atoms with Crippen molar-refractivity contribution in [3.05, 3.63) is 42.1 Å². The van der Waals surface area contributed by atoms with Crippen molar-refractivity contribution in [2.45, 2.75) is 12.5 Å². The van der Waals surface area contributed by atoms with Crippen molar-refractivity contribution in [2.75, 3.05) is 26.2 Å². The van der Waals surface area contributed by atoms with Gasteiger partial charge in [0.25, 0.3) is 0 Å². The summed E-state index contributed by atoms with van der Waals surface area (Å²) in [6.45, 7) is 4.62. The molecule has 0 aliphatic carbocycles. The summed E-state index contributed by atoms with van der Waals surface area (Å²) in [5.74, 6) is 0. The van der Waals surface area contributed by atoms with Crippen LogP contribution >= 0.6 is 0 Å². The molecule has 2 aromatic rings. The molecule has 2 aliphatic heterocycles. The molecule has 0 spiro atoms. The highest BCUT2D eigenvalue weighted by Gasteiger charge is 2.26. The summed E-state index contributed by atoms with van der Waals surface area (Å²) in [5, 5.41) is 4.71. The molecule has 19 heavy (non-hydrogen) atoms. The van der Waals surface area contributed by atoms with E-state index in [1.807, 2.05) is 0 Å². The molecule has 1 saturated heterocycles. The number of aromatic amines is 1. The molecule has 98 valence electrons. The Hall–Kier alpha value is -1.58. The highest BCUT2D eigenvalue weighted by Crippen LogP contribution is 2.29. The van der Waals surface area contributed by atoms with Crippen LogP contribution in [0.3, 0.4) is 0 Å². The smallest absolute Gasteiger partial charge is 0.0460 e. The van der Waals surface area contributed by atoms with Crippen LogP contribution in [0, 0.1) is 0 Å². The van der Waals surface area contributed by atoms with Crippen LogP contribution in [0.25, 0.3) is 16.5 Å². The lowest BCUT2D eigenvalue weighted by Gasteiger charge is -2.39. The Morgan fingerprint density at radius 3 is 2.79 bits per heavy atom. The second-order valence-corrected chi connectivity index (χ2v) is 5.53. The van der Waals surface area contributed by atoms with Gasteiger partial charge in [0.1, 0.15) is 0 Å². The summed E-state index contributed by atoms with van der Waals surface area (Å²) >= 11 is 0. The predicted molar refractivity (Wildman–Crippen MR) is 79.1 cm³/mol. The largest absolute Gasteiger partial charge is 0.361 e. The first-order chi connectivity index (χ1) is 9.42. The van der Waals surface area contributed by atoms with Crippen molar-refractivity contribution in [2.24, 2.45) is 0 Å². The number of hydrogen-bond acceptors (Lipinski definition) is 2. The maximum absolute atomic E-state index is 3.38. The second-order valence-electron chi connectivity index (χ2n) is 5.53. The fourth-order valence-electron chi connectivity index (χ4n) is 3.13. The van der Waals surface area contributed by atoms with Gasteiger partial charge in [-0.15, -0.1) is 0 Å². The van der Waals surface area contributed by atoms with Gasteiger partial charge in [0.2, 0.25) is 0 Å². The number of aromatic nitrogens is 1. The van der Waals surface area contributed by atoms with Gasteiger partial charge in [-0.05, 0) is 18.1 Å². The first kappa shape index (κ1) is 11.3. The molecule has 1 aromatic heterocycles. The summed E-state index contributed by atoms with van der Waals surface area (Å²) in [5.41, 5.74) is 4.13. The van der Waals surface area contributed by atoms with Crippen LogP contribution in [0.4, 0.5) is 0 Å². The van der Waals surface area contributed by atoms with Crippen LogP contribution in [0.15, 0.2) is 36.5 Å². The van der Waals surface area contributed by atoms with Gasteiger partial charge < -0.3 is 10.3 Å². The lowest BCUT2D eigenvalue weighted by Crippen LogP contribution is -2.57. The van der Waals surface area contributed by atoms with Crippen molar-refractivity contribution >= 4 is 16.5 Å². The fraction of sp³-hybridized carbons (Fsp3) is 0.375. The van der Waals surface area contributed by atoms with E-state index in [4.69, 9.17) is 0 Å². The molecule has 0 unspecified atom stereocenters. The van der Waals surface area contributed by atoms with Gasteiger partial charge in [0.15, 0.2) is 0 Å². The van der Waals surface area contributed by atoms with E-state index in [0.717, 1.165) is 25.7 Å². The molecule has 0 bridgehead atoms. The van der Waals surface area contributed by atoms with Crippen LogP contribution in [0.1, 0.15) is 12.0 Å². The number of fused-ring (bicyclic) bond motifs is 1. The van der Waals surface area contributed by atoms with E-state index in [0.29, 0.717) is 0 Å². The number of nitrogens with zero attached hydrogens (tertiary/aromatic N) is 1. The predicted octanol–water partition coefficient (Wildman–Crippen LogP) is 2.23. The highest BCUT2D eigenvalue weighted by atomic mass is 15.2. The molecule has 2 aliphatic rings. The third-order valence-electron chi connectivity index (χ3n) is 4.45. The topological polar surface area (TPSA) is 31.1 Å². The van der Waals surface area contributed by atoms with Crippen LogP contribution in [-0.2, 0) is 0 Å². The number of rotatable bonds is 2. The Morgan fingerprint density at radius 1 is 1.16 bits per heavy atom. The van der Waals surface area contributed by atoms with E-state index in [1.54, 1.807) is 0 Å². The lowest BCUT2D eigenvalue weighted by molar-refractivity contribution is 0.160. The summed E-state index contributed by atoms with van der Waals surface area (Å²) in [7, 11) is 0. The fourth-order valence-corrected chi connectivity index (χ4v) is 3.13. The Balaban J connectivity index is 1.61. The molecule has 3 heterocycles. The van der Waals surface area contributed by atoms with Gasteiger partial charge in [-0.2, -0.15) is 0 Å². The molecule has 0 radical (unpaired) electrons. The monoisotopic (exact) mass is 253 g/mol. The molecule has 0 amide bonds. The van der Waals surface area contributed by atoms with Gasteiger partial charge >= 0.3 is 0 Å². The average Bonchev–Trinajstić information content (AvgIpc) is 2.82. The van der Waals surface area contributed by atoms with Gasteiger partial charge in [0, 0.05) is 54.9 Å². The maximum Gasteiger partial charge on any atom is 0.0460 e. The zero-order valence-corrected chi connectivity index (χ0v) is 11.0. The van der Waals surface area contributed by atoms with E-state index in [1.165, 1.54) is 35.0 Å². The molecular formula is C16H19N3. The minimum atomic E-state index is 0.765. The lowest BCUT2D eigenvalue weighted by atomic mass is 9.97. The van der Waals surface area contributed by atoms with Gasteiger partial charge in [-0.1, -0.05) is 24.3 Å². The van der Waals surface area contributed by atoms with Crippen LogP contribution < -0.4 is 5.32 Å². The number of nitrogens with one attached hydrogen (secondary N) is 2. The number of H-pyrrole nitrogens is 1. The Bertz CT molecular complexity index is 622. The van der Waals surface area contributed by atoms with Gasteiger partial charge in [0.05, 0.1) is 0 Å². The molecular weight excluding hydrogens is 234 g/mol. The molecule has 0 saturated carbocycles. The standard InChI is InChI=1S/C16H19N3/c1-2-4-16-14(3-1)15(11-18-16)12-5-7-19(8-6-12)13-9-17-10-13/h1-5,11,13,17-18H,6-10H2. The molecule has 1 fully saturated rings. The Labute approximate surface area is 113 Å². The molecule has 2 N–H and O–H groups in total. The SMILES string of the molecule is C1=C(c2c[nH]c3ccccc23)CCN(C2CNC2)C1. The minimum absolute atomic E-state index is 0.765. The number of benzene rings is 1. The van der Waals surface area contributed by atoms with Crippen LogP contribution in [-0.4, -0.2) is 42.1 Å². The Morgan fingerprint density at radius 2 is 2.05 bits per heavy atom. The second kappa shape index (κ2) is 4.51. The zero-order valence-electron chi connectivity index (χ0n) is 11.0. The Kier molecular flexibility index (Phi) is 2.67. The van der Waals surface area contributed by atoms with Gasteiger partial charge in [-0.3, -0.25) is 4.90 Å². The van der Waals surface area contributed by atoms with E-state index < -0.39 is 0 Å². The minimum Gasteiger partial charge on any atom is -0.361 e. The first-order valence-electron chi connectivity index (χ1n) is 7.12. The highest BCUT2D eigenvalue weighted by molar-refractivity contribution is 5.92. The molecule has 3 heteroatoms. The van der Waals surface area contributed by atoms with Crippen LogP contribution in [0.2, 0.25) is 0 Å². The van der Waals surface area contributed by atoms with Crippen LogP contribution in [0.5, 0.6) is 0 Å². The van der Waals surface area contributed by atoms with Crippen molar-refractivity contribution in [1.29, 1.82) is 0 Å². The van der Waals surface area contributed by atoms with E-state index in [9.17, 15) is 0 Å². The van der Waals surface area contributed by atoms with Crippen molar-refractivity contribution in [3.8, 4) is 0 Å².